The van der Waals surface area contributed by atoms with E-state index in [0.717, 1.165) is 11.3 Å². The third-order valence-electron chi connectivity index (χ3n) is 5.22. The van der Waals surface area contributed by atoms with Gasteiger partial charge in [-0.2, -0.15) is 0 Å². The molecule has 0 radical (unpaired) electrons. The zero-order valence-corrected chi connectivity index (χ0v) is 20.4. The van der Waals surface area contributed by atoms with E-state index in [1.165, 1.54) is 18.4 Å². The van der Waals surface area contributed by atoms with E-state index in [1.807, 2.05) is 42.6 Å². The molecule has 0 fully saturated rings. The number of hydrogen-bond donors (Lipinski definition) is 0. The number of esters is 1. The highest BCUT2D eigenvalue weighted by Crippen LogP contribution is 2.40. The first-order chi connectivity index (χ1) is 16.0. The molecule has 172 valence electrons. The molecule has 4 rings (SSSR count). The summed E-state index contributed by atoms with van der Waals surface area (Å²) < 4.78 is 18.8. The fourth-order valence-electron chi connectivity index (χ4n) is 3.76. The third-order valence-corrected chi connectivity index (χ3v) is 7.02. The molecule has 0 bridgehead atoms. The van der Waals surface area contributed by atoms with Crippen molar-refractivity contribution in [2.45, 2.75) is 26.3 Å². The number of allylic oxidation sites excluding steroid dienone is 1. The molecule has 0 spiro atoms. The number of fused-ring (bicyclic) bond motifs is 1. The third kappa shape index (κ3) is 4.26. The number of carbonyl (C=O) groups is 1. The average Bonchev–Trinajstić information content (AvgIpc) is 3.44. The van der Waals surface area contributed by atoms with Crippen LogP contribution in [0.2, 0.25) is 0 Å². The fraction of sp³-hybridized carbons (Fsp3) is 0.292. The highest BCUT2D eigenvalue weighted by Gasteiger charge is 2.35. The summed E-state index contributed by atoms with van der Waals surface area (Å²) in [6.45, 7) is 4.22. The van der Waals surface area contributed by atoms with Crippen molar-refractivity contribution in [1.29, 1.82) is 0 Å². The molecular formula is C24H24N2O5S2. The van der Waals surface area contributed by atoms with Gasteiger partial charge >= 0.3 is 5.97 Å². The summed E-state index contributed by atoms with van der Waals surface area (Å²) in [5.41, 5.74) is 1.21. The number of rotatable bonds is 7. The molecular weight excluding hydrogens is 460 g/mol. The summed E-state index contributed by atoms with van der Waals surface area (Å²) in [5, 5.41) is 1.96. The zero-order chi connectivity index (χ0) is 23.5. The van der Waals surface area contributed by atoms with Crippen LogP contribution < -0.4 is 24.4 Å². The first kappa shape index (κ1) is 23.0. The standard InChI is InChI=1S/C24H24N2O5S2/c1-5-11-31-21-16(9-6-10-17(21)29-3)20-19(23(28)30-4)14(2)25-24-26(20)22(27)18(33-24)13-15-8-7-12-32-15/h6-10,12-13,20H,5,11H2,1-4H3/b18-13+. The molecule has 3 heterocycles. The molecule has 0 aliphatic carbocycles. The maximum Gasteiger partial charge on any atom is 0.338 e. The zero-order valence-electron chi connectivity index (χ0n) is 18.8. The van der Waals surface area contributed by atoms with Crippen LogP contribution in [0.15, 0.2) is 56.8 Å². The minimum Gasteiger partial charge on any atom is -0.493 e. The van der Waals surface area contributed by atoms with Crippen LogP contribution in [0.25, 0.3) is 6.08 Å². The summed E-state index contributed by atoms with van der Waals surface area (Å²) >= 11 is 2.84. The van der Waals surface area contributed by atoms with Crippen molar-refractivity contribution in [3.05, 3.63) is 77.1 Å². The largest absolute Gasteiger partial charge is 0.493 e. The molecule has 0 N–H and O–H groups in total. The molecule has 1 aromatic carbocycles. The van der Waals surface area contributed by atoms with Crippen LogP contribution in [0.1, 0.15) is 36.8 Å². The summed E-state index contributed by atoms with van der Waals surface area (Å²) in [7, 11) is 2.88. The van der Waals surface area contributed by atoms with E-state index >= 15 is 0 Å². The number of methoxy groups -OCH3 is 2. The quantitative estimate of drug-likeness (QED) is 0.481. The lowest BCUT2D eigenvalue weighted by Gasteiger charge is -2.26. The van der Waals surface area contributed by atoms with Crippen molar-refractivity contribution in [2.75, 3.05) is 20.8 Å². The van der Waals surface area contributed by atoms with Crippen molar-refractivity contribution in [3.63, 3.8) is 0 Å². The summed E-state index contributed by atoms with van der Waals surface area (Å²) in [5.74, 6) is 0.481. The predicted octanol–water partition coefficient (Wildman–Crippen LogP) is 3.27. The maximum atomic E-state index is 13.6. The monoisotopic (exact) mass is 484 g/mol. The van der Waals surface area contributed by atoms with E-state index in [9.17, 15) is 9.59 Å². The molecule has 3 aromatic rings. The number of hydrogen-bond acceptors (Lipinski definition) is 8. The average molecular weight is 485 g/mol. The van der Waals surface area contributed by atoms with Crippen molar-refractivity contribution >= 4 is 34.7 Å². The van der Waals surface area contributed by atoms with Gasteiger partial charge < -0.3 is 14.2 Å². The Labute approximate surface area is 198 Å². The number of carbonyl (C=O) groups excluding carboxylic acids is 1. The van der Waals surface area contributed by atoms with Gasteiger partial charge in [0.15, 0.2) is 16.3 Å². The number of para-hydroxylation sites is 1. The molecule has 9 heteroatoms. The Kier molecular flexibility index (Phi) is 6.80. The van der Waals surface area contributed by atoms with Crippen molar-refractivity contribution in [3.8, 4) is 11.5 Å². The Balaban J connectivity index is 2.02. The lowest BCUT2D eigenvalue weighted by atomic mass is 9.94. The molecule has 1 atom stereocenters. The highest BCUT2D eigenvalue weighted by molar-refractivity contribution is 7.11. The van der Waals surface area contributed by atoms with Crippen molar-refractivity contribution in [2.24, 2.45) is 4.99 Å². The molecule has 1 unspecified atom stereocenters. The van der Waals surface area contributed by atoms with Gasteiger partial charge in [-0.3, -0.25) is 9.36 Å². The Morgan fingerprint density at radius 1 is 1.24 bits per heavy atom. The lowest BCUT2D eigenvalue weighted by Crippen LogP contribution is -2.40. The minimum atomic E-state index is -0.763. The van der Waals surface area contributed by atoms with Gasteiger partial charge in [0, 0.05) is 10.4 Å². The Hall–Kier alpha value is -3.17. The van der Waals surface area contributed by atoms with E-state index in [-0.39, 0.29) is 5.56 Å². The summed E-state index contributed by atoms with van der Waals surface area (Å²) in [6.07, 6.45) is 2.64. The van der Waals surface area contributed by atoms with Gasteiger partial charge in [0.2, 0.25) is 0 Å². The van der Waals surface area contributed by atoms with Gasteiger partial charge in [-0.15, -0.1) is 11.3 Å². The second-order valence-corrected chi connectivity index (χ2v) is 9.30. The number of ether oxygens (including phenoxy) is 3. The van der Waals surface area contributed by atoms with Crippen LogP contribution in [0, 0.1) is 0 Å². The van der Waals surface area contributed by atoms with Crippen LogP contribution >= 0.6 is 22.7 Å². The van der Waals surface area contributed by atoms with Gasteiger partial charge in [0.05, 0.1) is 36.6 Å². The molecule has 33 heavy (non-hydrogen) atoms. The Morgan fingerprint density at radius 2 is 2.06 bits per heavy atom. The van der Waals surface area contributed by atoms with Crippen molar-refractivity contribution in [1.82, 2.24) is 4.57 Å². The maximum absolute atomic E-state index is 13.6. The summed E-state index contributed by atoms with van der Waals surface area (Å²) in [4.78, 5) is 32.6. The van der Waals surface area contributed by atoms with E-state index in [4.69, 9.17) is 14.2 Å². The van der Waals surface area contributed by atoms with Crippen LogP contribution in [0.5, 0.6) is 11.5 Å². The fourth-order valence-corrected chi connectivity index (χ4v) is 5.53. The van der Waals surface area contributed by atoms with Gasteiger partial charge in [-0.1, -0.05) is 36.5 Å². The van der Waals surface area contributed by atoms with E-state index in [0.29, 0.717) is 44.3 Å². The molecule has 0 saturated heterocycles. The van der Waals surface area contributed by atoms with Crippen LogP contribution in [0.3, 0.4) is 0 Å². The van der Waals surface area contributed by atoms with Gasteiger partial charge in [-0.05, 0) is 36.9 Å². The molecule has 1 aliphatic rings. The lowest BCUT2D eigenvalue weighted by molar-refractivity contribution is -0.136. The summed E-state index contributed by atoms with van der Waals surface area (Å²) in [6, 6.07) is 8.58. The minimum absolute atomic E-state index is 0.227. The normalized spacial score (nSPS) is 15.8. The number of thiazole rings is 1. The first-order valence-electron chi connectivity index (χ1n) is 10.4. The first-order valence-corrected chi connectivity index (χ1v) is 12.1. The van der Waals surface area contributed by atoms with E-state index in [1.54, 1.807) is 36.0 Å². The van der Waals surface area contributed by atoms with E-state index < -0.39 is 12.0 Å². The predicted molar refractivity (Wildman–Crippen MR) is 129 cm³/mol. The number of aromatic nitrogens is 1. The molecule has 0 saturated carbocycles. The molecule has 0 amide bonds. The molecule has 1 aliphatic heterocycles. The van der Waals surface area contributed by atoms with Crippen LogP contribution in [-0.2, 0) is 9.53 Å². The highest BCUT2D eigenvalue weighted by atomic mass is 32.1. The molecule has 7 nitrogen and oxygen atoms in total. The SMILES string of the molecule is CCCOc1c(OC)cccc1C1C(C(=O)OC)=C(C)N=c2s/c(=C/c3cccs3)c(=O)n21. The molecule has 2 aromatic heterocycles. The van der Waals surface area contributed by atoms with Gasteiger partial charge in [0.1, 0.15) is 6.04 Å². The second-order valence-electron chi connectivity index (χ2n) is 7.32. The topological polar surface area (TPSA) is 79.1 Å². The van der Waals surface area contributed by atoms with E-state index in [2.05, 4.69) is 4.99 Å². The Bertz CT molecular complexity index is 1380. The Morgan fingerprint density at radius 3 is 2.73 bits per heavy atom. The van der Waals surface area contributed by atoms with Crippen molar-refractivity contribution < 1.29 is 19.0 Å². The van der Waals surface area contributed by atoms with Gasteiger partial charge in [0.25, 0.3) is 5.56 Å². The second kappa shape index (κ2) is 9.76. The van der Waals surface area contributed by atoms with Crippen LogP contribution in [0.4, 0.5) is 0 Å². The number of benzene rings is 1. The number of thiophene rings is 1. The smallest absolute Gasteiger partial charge is 0.338 e. The van der Waals surface area contributed by atoms with Crippen LogP contribution in [-0.4, -0.2) is 31.4 Å². The van der Waals surface area contributed by atoms with Gasteiger partial charge in [-0.25, -0.2) is 9.79 Å². The number of nitrogens with zero attached hydrogens (tertiary/aromatic N) is 2.